The zero-order chi connectivity index (χ0) is 13.7. The van der Waals surface area contributed by atoms with Gasteiger partial charge in [-0.05, 0) is 31.5 Å². The summed E-state index contributed by atoms with van der Waals surface area (Å²) in [5, 5.41) is 2.78. The lowest BCUT2D eigenvalue weighted by molar-refractivity contribution is -0.126. The lowest BCUT2D eigenvalue weighted by atomic mass is 10.2. The van der Waals surface area contributed by atoms with Gasteiger partial charge in [-0.2, -0.15) is 0 Å². The Morgan fingerprint density at radius 2 is 2.05 bits per heavy atom. The molecule has 0 aromatic heterocycles. The second kappa shape index (κ2) is 7.87. The highest BCUT2D eigenvalue weighted by atomic mass is 35.5. The van der Waals surface area contributed by atoms with Crippen LogP contribution < -0.4 is 16.0 Å². The average molecular weight is 298 g/mol. The standard InChI is InChI=1S/C14H19N3O2.ClH/c15-9-4-7-13(18)16-12-8-10-17(14(12)19)11-5-2-1-3-6-11;/h1-3,5-6,12H,4,7-10,15H2,(H,16,18);1H. The number of carbonyl (C=O) groups excluding carboxylic acids is 2. The zero-order valence-electron chi connectivity index (χ0n) is 11.2. The van der Waals surface area contributed by atoms with E-state index in [1.54, 1.807) is 4.90 Å². The van der Waals surface area contributed by atoms with E-state index in [1.807, 2.05) is 30.3 Å². The maximum absolute atomic E-state index is 12.2. The van der Waals surface area contributed by atoms with Gasteiger partial charge in [0.15, 0.2) is 0 Å². The molecule has 0 aliphatic carbocycles. The predicted molar refractivity (Wildman–Crippen MR) is 80.9 cm³/mol. The van der Waals surface area contributed by atoms with Crippen molar-refractivity contribution in [1.29, 1.82) is 0 Å². The van der Waals surface area contributed by atoms with Crippen LogP contribution in [0.4, 0.5) is 5.69 Å². The van der Waals surface area contributed by atoms with Gasteiger partial charge in [-0.25, -0.2) is 0 Å². The molecule has 5 nitrogen and oxygen atoms in total. The number of halogens is 1. The van der Waals surface area contributed by atoms with Crippen LogP contribution in [0.25, 0.3) is 0 Å². The lowest BCUT2D eigenvalue weighted by Crippen LogP contribution is -2.41. The maximum Gasteiger partial charge on any atom is 0.249 e. The van der Waals surface area contributed by atoms with Gasteiger partial charge in [0.25, 0.3) is 0 Å². The second-order valence-electron chi connectivity index (χ2n) is 4.63. The van der Waals surface area contributed by atoms with Crippen LogP contribution in [-0.2, 0) is 9.59 Å². The minimum absolute atomic E-state index is 0. The number of nitrogens with one attached hydrogen (secondary N) is 1. The van der Waals surface area contributed by atoms with Gasteiger partial charge in [0, 0.05) is 18.7 Å². The third-order valence-corrected chi connectivity index (χ3v) is 3.22. The van der Waals surface area contributed by atoms with Gasteiger partial charge in [-0.3, -0.25) is 9.59 Å². The molecule has 2 amide bonds. The number of amides is 2. The molecule has 3 N–H and O–H groups in total. The molecule has 0 saturated carbocycles. The fourth-order valence-electron chi connectivity index (χ4n) is 2.21. The quantitative estimate of drug-likeness (QED) is 0.853. The van der Waals surface area contributed by atoms with Gasteiger partial charge in [0.05, 0.1) is 0 Å². The van der Waals surface area contributed by atoms with Crippen molar-refractivity contribution in [1.82, 2.24) is 5.32 Å². The summed E-state index contributed by atoms with van der Waals surface area (Å²) in [6.07, 6.45) is 1.68. The monoisotopic (exact) mass is 297 g/mol. The number of anilines is 1. The highest BCUT2D eigenvalue weighted by Gasteiger charge is 2.33. The van der Waals surface area contributed by atoms with E-state index in [0.717, 1.165) is 5.69 Å². The molecule has 1 fully saturated rings. The summed E-state index contributed by atoms with van der Waals surface area (Å²) >= 11 is 0. The Balaban J connectivity index is 0.00000200. The molecular weight excluding hydrogens is 278 g/mol. The minimum atomic E-state index is -0.398. The van der Waals surface area contributed by atoms with E-state index >= 15 is 0 Å². The molecule has 0 radical (unpaired) electrons. The van der Waals surface area contributed by atoms with Gasteiger partial charge >= 0.3 is 0 Å². The smallest absolute Gasteiger partial charge is 0.249 e. The average Bonchev–Trinajstić information content (AvgIpc) is 2.79. The number of rotatable bonds is 5. The van der Waals surface area contributed by atoms with E-state index in [-0.39, 0.29) is 24.2 Å². The molecule has 0 bridgehead atoms. The number of hydrogen-bond acceptors (Lipinski definition) is 3. The van der Waals surface area contributed by atoms with Crippen molar-refractivity contribution in [2.75, 3.05) is 18.0 Å². The fourth-order valence-corrected chi connectivity index (χ4v) is 2.21. The van der Waals surface area contributed by atoms with Crippen LogP contribution in [0.3, 0.4) is 0 Å². The summed E-state index contributed by atoms with van der Waals surface area (Å²) in [7, 11) is 0. The number of nitrogens with zero attached hydrogens (tertiary/aromatic N) is 1. The van der Waals surface area contributed by atoms with Gasteiger partial charge in [-0.1, -0.05) is 18.2 Å². The summed E-state index contributed by atoms with van der Waals surface area (Å²) < 4.78 is 0. The van der Waals surface area contributed by atoms with E-state index < -0.39 is 6.04 Å². The molecule has 1 aromatic rings. The zero-order valence-corrected chi connectivity index (χ0v) is 12.1. The van der Waals surface area contributed by atoms with Gasteiger partial charge < -0.3 is 16.0 Å². The fraction of sp³-hybridized carbons (Fsp3) is 0.429. The van der Waals surface area contributed by atoms with Crippen molar-refractivity contribution >= 4 is 29.9 Å². The molecule has 110 valence electrons. The molecule has 20 heavy (non-hydrogen) atoms. The van der Waals surface area contributed by atoms with Crippen LogP contribution in [-0.4, -0.2) is 30.9 Å². The number of benzene rings is 1. The van der Waals surface area contributed by atoms with Crippen LogP contribution >= 0.6 is 12.4 Å². The van der Waals surface area contributed by atoms with Crippen molar-refractivity contribution in [3.8, 4) is 0 Å². The first-order chi connectivity index (χ1) is 9.22. The van der Waals surface area contributed by atoms with Crippen molar-refractivity contribution in [3.63, 3.8) is 0 Å². The summed E-state index contributed by atoms with van der Waals surface area (Å²) in [6, 6.07) is 9.11. The molecule has 1 saturated heterocycles. The molecule has 1 aliphatic heterocycles. The summed E-state index contributed by atoms with van der Waals surface area (Å²) in [5.74, 6) is -0.133. The molecule has 1 aliphatic rings. The molecule has 1 atom stereocenters. The highest BCUT2D eigenvalue weighted by molar-refractivity contribution is 6.01. The Bertz CT molecular complexity index is 453. The van der Waals surface area contributed by atoms with E-state index in [2.05, 4.69) is 5.32 Å². The van der Waals surface area contributed by atoms with Crippen LogP contribution in [0.15, 0.2) is 30.3 Å². The van der Waals surface area contributed by atoms with Crippen LogP contribution in [0.2, 0.25) is 0 Å². The van der Waals surface area contributed by atoms with Crippen molar-refractivity contribution in [2.45, 2.75) is 25.3 Å². The topological polar surface area (TPSA) is 75.4 Å². The molecule has 2 rings (SSSR count). The molecular formula is C14H20ClN3O2. The normalized spacial score (nSPS) is 17.8. The molecule has 1 heterocycles. The third-order valence-electron chi connectivity index (χ3n) is 3.22. The highest BCUT2D eigenvalue weighted by Crippen LogP contribution is 2.21. The first kappa shape index (κ1) is 16.5. The molecule has 6 heteroatoms. The molecule has 1 unspecified atom stereocenters. The Kier molecular flexibility index (Phi) is 6.48. The van der Waals surface area contributed by atoms with E-state index in [1.165, 1.54) is 0 Å². The van der Waals surface area contributed by atoms with Gasteiger partial charge in [0.2, 0.25) is 11.8 Å². The number of nitrogens with two attached hydrogens (primary N) is 1. The first-order valence-corrected chi connectivity index (χ1v) is 6.58. The van der Waals surface area contributed by atoms with E-state index in [0.29, 0.717) is 32.4 Å². The Morgan fingerprint density at radius 3 is 2.70 bits per heavy atom. The summed E-state index contributed by atoms with van der Waals surface area (Å²) in [6.45, 7) is 1.13. The van der Waals surface area contributed by atoms with E-state index in [9.17, 15) is 9.59 Å². The van der Waals surface area contributed by atoms with Crippen molar-refractivity contribution in [2.24, 2.45) is 5.73 Å². The number of para-hydroxylation sites is 1. The van der Waals surface area contributed by atoms with Crippen molar-refractivity contribution < 1.29 is 9.59 Å². The largest absolute Gasteiger partial charge is 0.344 e. The maximum atomic E-state index is 12.2. The number of carbonyl (C=O) groups is 2. The third kappa shape index (κ3) is 3.95. The lowest BCUT2D eigenvalue weighted by Gasteiger charge is -2.17. The van der Waals surface area contributed by atoms with E-state index in [4.69, 9.17) is 5.73 Å². The van der Waals surface area contributed by atoms with Crippen molar-refractivity contribution in [3.05, 3.63) is 30.3 Å². The summed E-state index contributed by atoms with van der Waals surface area (Å²) in [4.78, 5) is 25.5. The van der Waals surface area contributed by atoms with Crippen LogP contribution in [0.1, 0.15) is 19.3 Å². The van der Waals surface area contributed by atoms with Crippen LogP contribution in [0.5, 0.6) is 0 Å². The molecule has 0 spiro atoms. The Labute approximate surface area is 124 Å². The summed E-state index contributed by atoms with van der Waals surface area (Å²) in [5.41, 5.74) is 6.24. The Morgan fingerprint density at radius 1 is 1.35 bits per heavy atom. The first-order valence-electron chi connectivity index (χ1n) is 6.58. The Hall–Kier alpha value is -1.59. The van der Waals surface area contributed by atoms with Gasteiger partial charge in [-0.15, -0.1) is 12.4 Å². The molecule has 1 aromatic carbocycles. The predicted octanol–water partition coefficient (Wildman–Crippen LogP) is 1.07. The second-order valence-corrected chi connectivity index (χ2v) is 4.63. The minimum Gasteiger partial charge on any atom is -0.344 e. The van der Waals surface area contributed by atoms with Crippen LogP contribution in [0, 0.1) is 0 Å². The van der Waals surface area contributed by atoms with Gasteiger partial charge in [0.1, 0.15) is 6.04 Å². The SMILES string of the molecule is Cl.NCCCC(=O)NC1CCN(c2ccccc2)C1=O. The number of hydrogen-bond donors (Lipinski definition) is 2.